The van der Waals surface area contributed by atoms with Gasteiger partial charge in [-0.2, -0.15) is 0 Å². The van der Waals surface area contributed by atoms with Crippen LogP contribution in [0, 0.1) is 0 Å². The summed E-state index contributed by atoms with van der Waals surface area (Å²) < 4.78 is 1.57. The Labute approximate surface area is 70.5 Å². The Morgan fingerprint density at radius 1 is 1.38 bits per heavy atom. The van der Waals surface area contributed by atoms with Gasteiger partial charge in [0, 0.05) is 0 Å². The normalized spacial score (nSPS) is 6.75. The van der Waals surface area contributed by atoms with E-state index >= 15 is 0 Å². The van der Waals surface area contributed by atoms with Crippen LogP contribution in [0.25, 0.3) is 0 Å². The zero-order valence-electron chi connectivity index (χ0n) is 5.00. The number of hydrogen-bond donors (Lipinski definition) is 0. The zero-order chi connectivity index (χ0) is 4.83. The van der Waals surface area contributed by atoms with E-state index in [4.69, 9.17) is 0 Å². The number of rotatable bonds is 3. The third kappa shape index (κ3) is 15.7. The Kier molecular flexibility index (Phi) is 32.0. The van der Waals surface area contributed by atoms with Crippen molar-refractivity contribution in [1.29, 1.82) is 0 Å². The van der Waals surface area contributed by atoms with E-state index in [1.807, 2.05) is 0 Å². The van der Waals surface area contributed by atoms with Crippen molar-refractivity contribution < 1.29 is 11.0 Å². The molecule has 0 atom stereocenters. The molecule has 0 rings (SSSR count). The Balaban J connectivity index is -0.000000125. The molecule has 52 valence electrons. The molecule has 0 saturated carbocycles. The van der Waals surface area contributed by atoms with Gasteiger partial charge in [-0.15, -0.1) is 0 Å². The van der Waals surface area contributed by atoms with Crippen LogP contribution in [0.15, 0.2) is 0 Å². The van der Waals surface area contributed by atoms with Gasteiger partial charge in [-0.25, -0.2) is 0 Å². The minimum absolute atomic E-state index is 0. The van der Waals surface area contributed by atoms with Gasteiger partial charge < -0.3 is 11.0 Å². The maximum absolute atomic E-state index is 2.58. The topological polar surface area (TPSA) is 63.0 Å². The quantitative estimate of drug-likeness (QED) is 0.411. The average molecular weight is 339 g/mol. The summed E-state index contributed by atoms with van der Waals surface area (Å²) in [5, 5.41) is 0. The Bertz CT molecular complexity index is 26.0. The third-order valence-corrected chi connectivity index (χ3v) is 5.79. The molecule has 0 bridgehead atoms. The summed E-state index contributed by atoms with van der Waals surface area (Å²) in [5.74, 6) is 0. The van der Waals surface area contributed by atoms with E-state index in [0.29, 0.717) is 0 Å². The van der Waals surface area contributed by atoms with Crippen LogP contribution in [0.2, 0.25) is 4.44 Å². The van der Waals surface area contributed by atoms with E-state index in [-0.39, 0.29) is 28.1 Å². The first kappa shape index (κ1) is 16.2. The second-order valence-electron chi connectivity index (χ2n) is 1.24. The van der Waals surface area contributed by atoms with Crippen LogP contribution in [-0.4, -0.2) is 28.1 Å². The molecular formula is C4H13IO2Sn. The summed E-state index contributed by atoms with van der Waals surface area (Å²) in [6, 6.07) is 0. The first-order chi connectivity index (χ1) is 2.91. The monoisotopic (exact) mass is 340 g/mol. The van der Waals surface area contributed by atoms with Crippen LogP contribution >= 0.6 is 18.6 Å². The molecule has 2 nitrogen and oxygen atoms in total. The van der Waals surface area contributed by atoms with E-state index < -0.39 is 0 Å². The van der Waals surface area contributed by atoms with Crippen LogP contribution in [0.1, 0.15) is 19.8 Å². The van der Waals surface area contributed by atoms with Crippen LogP contribution in [0.5, 0.6) is 0 Å². The largest absolute Gasteiger partial charge is 0.412 e. The summed E-state index contributed by atoms with van der Waals surface area (Å²) in [7, 11) is 0. The van der Waals surface area contributed by atoms with E-state index in [9.17, 15) is 0 Å². The van der Waals surface area contributed by atoms with E-state index in [2.05, 4.69) is 25.6 Å². The summed E-state index contributed by atoms with van der Waals surface area (Å²) in [6.07, 6.45) is 2.87. The second-order valence-corrected chi connectivity index (χ2v) is 8.54. The van der Waals surface area contributed by atoms with Crippen LogP contribution < -0.4 is 0 Å². The van der Waals surface area contributed by atoms with E-state index in [1.54, 1.807) is 4.44 Å². The summed E-state index contributed by atoms with van der Waals surface area (Å²) in [6.45, 7) is 2.26. The average Bonchev–Trinajstić information content (AvgIpc) is 1.61. The van der Waals surface area contributed by atoms with Crippen molar-refractivity contribution >= 4 is 35.8 Å². The van der Waals surface area contributed by atoms with Gasteiger partial charge in [-0.3, -0.25) is 0 Å². The van der Waals surface area contributed by atoms with Crippen molar-refractivity contribution in [2.75, 3.05) is 0 Å². The van der Waals surface area contributed by atoms with Gasteiger partial charge in [0.25, 0.3) is 0 Å². The molecule has 0 amide bonds. The molecule has 2 radical (unpaired) electrons. The molecule has 0 aromatic carbocycles. The molecule has 0 aliphatic rings. The molecule has 0 fully saturated rings. The van der Waals surface area contributed by atoms with Crippen LogP contribution in [-0.2, 0) is 0 Å². The molecular weight excluding hydrogens is 326 g/mol. The van der Waals surface area contributed by atoms with Gasteiger partial charge in [-0.1, -0.05) is 0 Å². The molecule has 4 N–H and O–H groups in total. The molecule has 0 unspecified atom stereocenters. The Hall–Kier alpha value is 1.45. The SMILES string of the molecule is CCC[CH2][Sn][I].O.O. The summed E-state index contributed by atoms with van der Waals surface area (Å²) in [4.78, 5) is 0. The molecule has 0 aliphatic heterocycles. The minimum atomic E-state index is 0. The van der Waals surface area contributed by atoms with Gasteiger partial charge >= 0.3 is 60.0 Å². The Morgan fingerprint density at radius 3 is 2.00 bits per heavy atom. The maximum Gasteiger partial charge on any atom is -0.412 e. The van der Waals surface area contributed by atoms with Gasteiger partial charge in [0.2, 0.25) is 0 Å². The second kappa shape index (κ2) is 15.8. The molecule has 0 aliphatic carbocycles. The number of unbranched alkanes of at least 4 members (excludes halogenated alkanes) is 1. The fourth-order valence-corrected chi connectivity index (χ4v) is 4.19. The molecule has 0 saturated heterocycles. The van der Waals surface area contributed by atoms with Crippen molar-refractivity contribution in [3.63, 3.8) is 0 Å². The van der Waals surface area contributed by atoms with Gasteiger partial charge in [0.05, 0.1) is 0 Å². The predicted molar refractivity (Wildman–Crippen MR) is 46.7 cm³/mol. The van der Waals surface area contributed by atoms with E-state index in [0.717, 1.165) is 0 Å². The summed E-state index contributed by atoms with van der Waals surface area (Å²) in [5.41, 5.74) is 0. The van der Waals surface area contributed by atoms with Crippen molar-refractivity contribution in [3.05, 3.63) is 0 Å². The van der Waals surface area contributed by atoms with Crippen LogP contribution in [0.4, 0.5) is 0 Å². The molecule has 0 aromatic heterocycles. The zero-order valence-corrected chi connectivity index (χ0v) is 10.0. The molecule has 4 heteroatoms. The van der Waals surface area contributed by atoms with E-state index in [1.165, 1.54) is 12.8 Å². The maximum atomic E-state index is 2.58. The fraction of sp³-hybridized carbons (Fsp3) is 1.00. The van der Waals surface area contributed by atoms with Gasteiger partial charge in [0.15, 0.2) is 0 Å². The van der Waals surface area contributed by atoms with Crippen LogP contribution in [0.3, 0.4) is 0 Å². The Morgan fingerprint density at radius 2 is 1.88 bits per heavy atom. The standard InChI is InChI=1S/C4H9.HI.2H2O.Sn/c1-3-4-2;;;;/h1,3-4H2,2H3;1H;2*1H2;/q;;;;+1/p-1. The van der Waals surface area contributed by atoms with Crippen molar-refractivity contribution in [2.45, 2.75) is 24.2 Å². The molecule has 0 heterocycles. The third-order valence-electron chi connectivity index (χ3n) is 0.625. The molecule has 0 aromatic rings. The number of halogens is 1. The predicted octanol–water partition coefficient (Wildman–Crippen LogP) is 0.610. The van der Waals surface area contributed by atoms with Gasteiger partial charge in [0.1, 0.15) is 0 Å². The number of hydrogen-bond acceptors (Lipinski definition) is 0. The van der Waals surface area contributed by atoms with Gasteiger partial charge in [-0.05, 0) is 0 Å². The fourth-order valence-electron chi connectivity index (χ4n) is 0.244. The van der Waals surface area contributed by atoms with Crippen molar-refractivity contribution in [1.82, 2.24) is 0 Å². The van der Waals surface area contributed by atoms with Crippen molar-refractivity contribution in [3.8, 4) is 0 Å². The van der Waals surface area contributed by atoms with Crippen molar-refractivity contribution in [2.24, 2.45) is 0 Å². The molecule has 0 spiro atoms. The first-order valence-electron chi connectivity index (χ1n) is 2.25. The molecule has 8 heavy (non-hydrogen) atoms. The minimum Gasteiger partial charge on any atom is -0.412 e. The smallest absolute Gasteiger partial charge is 0.412 e. The summed E-state index contributed by atoms with van der Waals surface area (Å²) >= 11 is 2.74. The first-order valence-corrected chi connectivity index (χ1v) is 12.6.